The van der Waals surface area contributed by atoms with Gasteiger partial charge in [0.2, 0.25) is 5.91 Å². The van der Waals surface area contributed by atoms with Gasteiger partial charge in [-0.2, -0.15) is 0 Å². The molecule has 5 heteroatoms. The molecule has 1 N–H and O–H groups in total. The third kappa shape index (κ3) is 2.82. The smallest absolute Gasteiger partial charge is 0.325 e. The minimum absolute atomic E-state index is 0.0823. The maximum Gasteiger partial charge on any atom is 0.325 e. The lowest BCUT2D eigenvalue weighted by atomic mass is 10.1. The number of carbonyl (C=O) groups is 2. The Bertz CT molecular complexity index is 475. The summed E-state index contributed by atoms with van der Waals surface area (Å²) in [4.78, 5) is 22.7. The molecule has 0 aromatic heterocycles. The Kier molecular flexibility index (Phi) is 3.87. The van der Waals surface area contributed by atoms with Crippen LogP contribution in [0.2, 0.25) is 5.02 Å². The Morgan fingerprint density at radius 2 is 2.17 bits per heavy atom. The molecular formula is C13H14ClNO3. The van der Waals surface area contributed by atoms with E-state index in [1.54, 1.807) is 0 Å². The summed E-state index contributed by atoms with van der Waals surface area (Å²) in [7, 11) is 1.29. The van der Waals surface area contributed by atoms with E-state index in [1.807, 2.05) is 24.3 Å². The first-order valence-corrected chi connectivity index (χ1v) is 6.10. The zero-order valence-electron chi connectivity index (χ0n) is 9.98. The standard InChI is InChI=1S/C13H14ClNO3/c1-18-12(16)7-15-13(17)10-6-9(10)8-4-2-3-5-11(8)14/h2-5,9-10H,6-7H2,1H3,(H,15,17). The Morgan fingerprint density at radius 3 is 2.83 bits per heavy atom. The highest BCUT2D eigenvalue weighted by Crippen LogP contribution is 2.49. The summed E-state index contributed by atoms with van der Waals surface area (Å²) < 4.78 is 4.46. The summed E-state index contributed by atoms with van der Waals surface area (Å²) in [5.74, 6) is -0.491. The highest BCUT2D eigenvalue weighted by Gasteiger charge is 2.44. The number of nitrogens with one attached hydrogen (secondary N) is 1. The number of amides is 1. The molecule has 0 radical (unpaired) electrons. The lowest BCUT2D eigenvalue weighted by Crippen LogP contribution is -2.31. The predicted octanol–water partition coefficient (Wildman–Crippen LogP) is 1.73. The Labute approximate surface area is 110 Å². The van der Waals surface area contributed by atoms with Gasteiger partial charge in [-0.25, -0.2) is 0 Å². The van der Waals surface area contributed by atoms with Crippen molar-refractivity contribution in [1.82, 2.24) is 5.32 Å². The Balaban J connectivity index is 1.89. The molecule has 2 rings (SSSR count). The van der Waals surface area contributed by atoms with Crippen LogP contribution in [0.25, 0.3) is 0 Å². The minimum Gasteiger partial charge on any atom is -0.468 e. The lowest BCUT2D eigenvalue weighted by Gasteiger charge is -2.04. The molecule has 1 aliphatic rings. The van der Waals surface area contributed by atoms with Gasteiger partial charge in [0.1, 0.15) is 6.54 Å². The first-order chi connectivity index (χ1) is 8.63. The largest absolute Gasteiger partial charge is 0.468 e. The maximum absolute atomic E-state index is 11.8. The van der Waals surface area contributed by atoms with Crippen molar-refractivity contribution in [2.45, 2.75) is 12.3 Å². The molecule has 1 fully saturated rings. The topological polar surface area (TPSA) is 55.4 Å². The fourth-order valence-electron chi connectivity index (χ4n) is 1.97. The molecule has 18 heavy (non-hydrogen) atoms. The van der Waals surface area contributed by atoms with Crippen LogP contribution in [0.4, 0.5) is 0 Å². The van der Waals surface area contributed by atoms with Crippen molar-refractivity contribution in [2.75, 3.05) is 13.7 Å². The summed E-state index contributed by atoms with van der Waals surface area (Å²) in [6, 6.07) is 7.52. The first kappa shape index (κ1) is 12.9. The van der Waals surface area contributed by atoms with Crippen molar-refractivity contribution in [3.8, 4) is 0 Å². The molecule has 0 bridgehead atoms. The van der Waals surface area contributed by atoms with Gasteiger partial charge in [0.25, 0.3) is 0 Å². The summed E-state index contributed by atoms with van der Waals surface area (Å²) >= 11 is 6.07. The van der Waals surface area contributed by atoms with Crippen LogP contribution < -0.4 is 5.32 Å². The SMILES string of the molecule is COC(=O)CNC(=O)C1CC1c1ccccc1Cl. The van der Waals surface area contributed by atoms with Crippen LogP contribution in [-0.2, 0) is 14.3 Å². The Morgan fingerprint density at radius 1 is 1.44 bits per heavy atom. The van der Waals surface area contributed by atoms with Crippen LogP contribution in [0.3, 0.4) is 0 Å². The van der Waals surface area contributed by atoms with E-state index in [-0.39, 0.29) is 24.3 Å². The third-order valence-corrected chi connectivity index (χ3v) is 3.41. The molecule has 0 heterocycles. The second kappa shape index (κ2) is 5.40. The lowest BCUT2D eigenvalue weighted by molar-refractivity contribution is -0.141. The molecule has 4 nitrogen and oxygen atoms in total. The van der Waals surface area contributed by atoms with E-state index >= 15 is 0 Å². The van der Waals surface area contributed by atoms with Crippen LogP contribution in [0.1, 0.15) is 17.9 Å². The third-order valence-electron chi connectivity index (χ3n) is 3.07. The molecule has 1 aliphatic carbocycles. The van der Waals surface area contributed by atoms with Crippen LogP contribution in [0, 0.1) is 5.92 Å². The first-order valence-electron chi connectivity index (χ1n) is 5.72. The Hall–Kier alpha value is -1.55. The van der Waals surface area contributed by atoms with Crippen molar-refractivity contribution in [3.63, 3.8) is 0 Å². The predicted molar refractivity (Wildman–Crippen MR) is 67.3 cm³/mol. The number of carbonyl (C=O) groups excluding carboxylic acids is 2. The molecule has 1 aromatic carbocycles. The number of hydrogen-bond donors (Lipinski definition) is 1. The summed E-state index contributed by atoms with van der Waals surface area (Å²) in [6.45, 7) is -0.0823. The summed E-state index contributed by atoms with van der Waals surface area (Å²) in [5.41, 5.74) is 0.998. The van der Waals surface area contributed by atoms with Gasteiger partial charge in [0.05, 0.1) is 7.11 Å². The molecule has 96 valence electrons. The van der Waals surface area contributed by atoms with Gasteiger partial charge in [-0.05, 0) is 24.0 Å². The number of rotatable bonds is 4. The van der Waals surface area contributed by atoms with Gasteiger partial charge in [0.15, 0.2) is 0 Å². The molecule has 1 amide bonds. The van der Waals surface area contributed by atoms with Crippen molar-refractivity contribution >= 4 is 23.5 Å². The van der Waals surface area contributed by atoms with Gasteiger partial charge in [-0.1, -0.05) is 29.8 Å². The van der Waals surface area contributed by atoms with E-state index in [9.17, 15) is 9.59 Å². The quantitative estimate of drug-likeness (QED) is 0.846. The molecule has 1 saturated carbocycles. The minimum atomic E-state index is -0.446. The normalized spacial score (nSPS) is 21.2. The maximum atomic E-state index is 11.8. The highest BCUT2D eigenvalue weighted by molar-refractivity contribution is 6.31. The van der Waals surface area contributed by atoms with E-state index in [0.717, 1.165) is 12.0 Å². The van der Waals surface area contributed by atoms with Crippen molar-refractivity contribution in [1.29, 1.82) is 0 Å². The van der Waals surface area contributed by atoms with Crippen molar-refractivity contribution < 1.29 is 14.3 Å². The van der Waals surface area contributed by atoms with E-state index in [1.165, 1.54) is 7.11 Å². The number of hydrogen-bond acceptors (Lipinski definition) is 3. The second-order valence-corrected chi connectivity index (χ2v) is 4.67. The zero-order chi connectivity index (χ0) is 13.1. The van der Waals surface area contributed by atoms with E-state index in [2.05, 4.69) is 10.1 Å². The van der Waals surface area contributed by atoms with E-state index < -0.39 is 5.97 Å². The van der Waals surface area contributed by atoms with Gasteiger partial charge in [-0.15, -0.1) is 0 Å². The molecule has 2 atom stereocenters. The summed E-state index contributed by atoms with van der Waals surface area (Å²) in [5, 5.41) is 3.24. The van der Waals surface area contributed by atoms with Crippen molar-refractivity contribution in [3.05, 3.63) is 34.9 Å². The monoisotopic (exact) mass is 267 g/mol. The van der Waals surface area contributed by atoms with Gasteiger partial charge in [0, 0.05) is 10.9 Å². The number of halogens is 1. The van der Waals surface area contributed by atoms with Crippen molar-refractivity contribution in [2.24, 2.45) is 5.92 Å². The number of esters is 1. The van der Waals surface area contributed by atoms with Crippen LogP contribution in [0.15, 0.2) is 24.3 Å². The van der Waals surface area contributed by atoms with E-state index in [0.29, 0.717) is 5.02 Å². The fourth-order valence-corrected chi connectivity index (χ4v) is 2.24. The molecule has 0 saturated heterocycles. The van der Waals surface area contributed by atoms with Gasteiger partial charge < -0.3 is 10.1 Å². The average Bonchev–Trinajstić information content (AvgIpc) is 3.16. The van der Waals surface area contributed by atoms with E-state index in [4.69, 9.17) is 11.6 Å². The molecule has 1 aromatic rings. The molecule has 0 spiro atoms. The average molecular weight is 268 g/mol. The summed E-state index contributed by atoms with van der Waals surface area (Å²) in [6.07, 6.45) is 0.775. The number of methoxy groups -OCH3 is 1. The number of ether oxygens (including phenoxy) is 1. The number of benzene rings is 1. The van der Waals surface area contributed by atoms with Crippen LogP contribution >= 0.6 is 11.6 Å². The van der Waals surface area contributed by atoms with Crippen LogP contribution in [-0.4, -0.2) is 25.5 Å². The molecule has 2 unspecified atom stereocenters. The van der Waals surface area contributed by atoms with Crippen LogP contribution in [0.5, 0.6) is 0 Å². The highest BCUT2D eigenvalue weighted by atomic mass is 35.5. The zero-order valence-corrected chi connectivity index (χ0v) is 10.7. The second-order valence-electron chi connectivity index (χ2n) is 4.26. The fraction of sp³-hybridized carbons (Fsp3) is 0.385. The molecular weight excluding hydrogens is 254 g/mol. The molecule has 0 aliphatic heterocycles. The van der Waals surface area contributed by atoms with Gasteiger partial charge >= 0.3 is 5.97 Å². The van der Waals surface area contributed by atoms with Gasteiger partial charge in [-0.3, -0.25) is 9.59 Å².